The zero-order valence-electron chi connectivity index (χ0n) is 13.8. The van der Waals surface area contributed by atoms with Gasteiger partial charge in [-0.05, 0) is 31.2 Å². The first-order valence-electron chi connectivity index (χ1n) is 7.78. The Hall–Kier alpha value is -2.08. The Labute approximate surface area is 136 Å². The van der Waals surface area contributed by atoms with Crippen LogP contribution in [0.1, 0.15) is 31.1 Å². The monoisotopic (exact) mass is 320 g/mol. The van der Waals surface area contributed by atoms with E-state index in [0.29, 0.717) is 37.6 Å². The van der Waals surface area contributed by atoms with Crippen molar-refractivity contribution in [2.75, 3.05) is 26.2 Å². The van der Waals surface area contributed by atoms with Gasteiger partial charge in [0.1, 0.15) is 12.4 Å². The van der Waals surface area contributed by atoms with Gasteiger partial charge in [-0.2, -0.15) is 0 Å². The summed E-state index contributed by atoms with van der Waals surface area (Å²) in [6.07, 6.45) is 0. The highest BCUT2D eigenvalue weighted by atomic mass is 16.5. The van der Waals surface area contributed by atoms with E-state index >= 15 is 0 Å². The highest BCUT2D eigenvalue weighted by molar-refractivity contribution is 5.94. The van der Waals surface area contributed by atoms with Crippen LogP contribution in [0.3, 0.4) is 0 Å². The lowest BCUT2D eigenvalue weighted by atomic mass is 9.95. The second kappa shape index (κ2) is 7.00. The van der Waals surface area contributed by atoms with Crippen LogP contribution in [0, 0.1) is 5.92 Å². The van der Waals surface area contributed by atoms with Crippen LogP contribution in [0.4, 0.5) is 0 Å². The number of nitrogens with one attached hydrogen (secondary N) is 1. The molecule has 1 aliphatic heterocycles. The summed E-state index contributed by atoms with van der Waals surface area (Å²) in [5.74, 6) is 0.529. The number of nitrogens with zero attached hydrogens (tertiary/aromatic N) is 1. The van der Waals surface area contributed by atoms with Crippen molar-refractivity contribution < 1.29 is 19.4 Å². The SMILES string of the molecule is CC(=O)NCCOc1ccc(C(=O)N2C[C@H](C)[C@](C)(O)C2)cc1. The van der Waals surface area contributed by atoms with Crippen LogP contribution in [0.2, 0.25) is 0 Å². The standard InChI is InChI=1S/C17H24N2O4/c1-12-10-19(11-17(12,3)22)16(21)14-4-6-15(7-5-14)23-9-8-18-13(2)20/h4-7,12,22H,8-11H2,1-3H3,(H,18,20)/t12-,17+/m0/s1. The molecule has 1 aromatic carbocycles. The van der Waals surface area contributed by atoms with Gasteiger partial charge in [-0.1, -0.05) is 6.92 Å². The molecule has 0 radical (unpaired) electrons. The van der Waals surface area contributed by atoms with Gasteiger partial charge in [0.15, 0.2) is 0 Å². The number of likely N-dealkylation sites (tertiary alicyclic amines) is 1. The lowest BCUT2D eigenvalue weighted by Gasteiger charge is -2.20. The number of rotatable bonds is 5. The molecular weight excluding hydrogens is 296 g/mol. The van der Waals surface area contributed by atoms with Crippen molar-refractivity contribution in [2.24, 2.45) is 5.92 Å². The van der Waals surface area contributed by atoms with E-state index in [2.05, 4.69) is 5.32 Å². The Bertz CT molecular complexity index is 568. The summed E-state index contributed by atoms with van der Waals surface area (Å²) in [5, 5.41) is 12.8. The molecule has 6 nitrogen and oxygen atoms in total. The molecule has 0 unspecified atom stereocenters. The Kier molecular flexibility index (Phi) is 5.26. The van der Waals surface area contributed by atoms with Crippen molar-refractivity contribution in [1.82, 2.24) is 10.2 Å². The molecule has 0 saturated carbocycles. The highest BCUT2D eigenvalue weighted by Crippen LogP contribution is 2.28. The quantitative estimate of drug-likeness (QED) is 0.795. The predicted molar refractivity (Wildman–Crippen MR) is 86.3 cm³/mol. The van der Waals surface area contributed by atoms with E-state index in [-0.39, 0.29) is 17.7 Å². The molecule has 1 aliphatic rings. The first kappa shape index (κ1) is 17.3. The maximum absolute atomic E-state index is 12.5. The Morgan fingerprint density at radius 1 is 1.39 bits per heavy atom. The molecule has 2 atom stereocenters. The van der Waals surface area contributed by atoms with Gasteiger partial charge in [-0.3, -0.25) is 9.59 Å². The second-order valence-electron chi connectivity index (χ2n) is 6.30. The smallest absolute Gasteiger partial charge is 0.253 e. The van der Waals surface area contributed by atoms with Crippen LogP contribution in [0.25, 0.3) is 0 Å². The number of carbonyl (C=O) groups excluding carboxylic acids is 2. The van der Waals surface area contributed by atoms with Crippen LogP contribution in [-0.2, 0) is 4.79 Å². The Balaban J connectivity index is 1.89. The number of hydrogen-bond acceptors (Lipinski definition) is 4. The van der Waals surface area contributed by atoms with E-state index < -0.39 is 5.60 Å². The summed E-state index contributed by atoms with van der Waals surface area (Å²) in [6, 6.07) is 6.90. The third-order valence-electron chi connectivity index (χ3n) is 4.20. The molecule has 2 amide bonds. The Morgan fingerprint density at radius 2 is 2.04 bits per heavy atom. The average Bonchev–Trinajstić information content (AvgIpc) is 2.77. The molecule has 2 N–H and O–H groups in total. The molecule has 1 heterocycles. The molecule has 6 heteroatoms. The van der Waals surface area contributed by atoms with Crippen molar-refractivity contribution in [2.45, 2.75) is 26.4 Å². The number of β-amino-alcohol motifs (C(OH)–C–C–N with tert-alkyl or cyclic N) is 1. The fraction of sp³-hybridized carbons (Fsp3) is 0.529. The molecular formula is C17H24N2O4. The molecule has 0 bridgehead atoms. The van der Waals surface area contributed by atoms with E-state index in [1.54, 1.807) is 36.1 Å². The minimum absolute atomic E-state index is 0.0582. The second-order valence-corrected chi connectivity index (χ2v) is 6.30. The fourth-order valence-electron chi connectivity index (χ4n) is 2.56. The van der Waals surface area contributed by atoms with Crippen molar-refractivity contribution in [3.8, 4) is 5.75 Å². The zero-order chi connectivity index (χ0) is 17.0. The van der Waals surface area contributed by atoms with Gasteiger partial charge in [0, 0.05) is 31.5 Å². The molecule has 0 aromatic heterocycles. The summed E-state index contributed by atoms with van der Waals surface area (Å²) in [6.45, 7) is 6.88. The van der Waals surface area contributed by atoms with E-state index in [1.165, 1.54) is 6.92 Å². The molecule has 1 saturated heterocycles. The van der Waals surface area contributed by atoms with Crippen LogP contribution in [-0.4, -0.2) is 53.7 Å². The first-order valence-corrected chi connectivity index (χ1v) is 7.78. The third kappa shape index (κ3) is 4.45. The molecule has 0 aliphatic carbocycles. The maximum Gasteiger partial charge on any atom is 0.253 e. The number of amides is 2. The number of benzene rings is 1. The normalized spacial score (nSPS) is 23.7. The van der Waals surface area contributed by atoms with Gasteiger partial charge < -0.3 is 20.1 Å². The topological polar surface area (TPSA) is 78.9 Å². The van der Waals surface area contributed by atoms with E-state index in [0.717, 1.165) is 0 Å². The molecule has 23 heavy (non-hydrogen) atoms. The molecule has 126 valence electrons. The Morgan fingerprint density at radius 3 is 2.57 bits per heavy atom. The summed E-state index contributed by atoms with van der Waals surface area (Å²) >= 11 is 0. The van der Waals surface area contributed by atoms with Gasteiger partial charge >= 0.3 is 0 Å². The molecule has 1 fully saturated rings. The van der Waals surface area contributed by atoms with Crippen LogP contribution in [0.5, 0.6) is 5.75 Å². The van der Waals surface area contributed by atoms with E-state index in [1.807, 2.05) is 6.92 Å². The lowest BCUT2D eigenvalue weighted by Crippen LogP contribution is -2.35. The van der Waals surface area contributed by atoms with E-state index in [4.69, 9.17) is 4.74 Å². The molecule has 1 aromatic rings. The highest BCUT2D eigenvalue weighted by Gasteiger charge is 2.40. The number of carbonyl (C=O) groups is 2. The summed E-state index contributed by atoms with van der Waals surface area (Å²) in [5.41, 5.74) is -0.258. The van der Waals surface area contributed by atoms with Crippen LogP contribution in [0.15, 0.2) is 24.3 Å². The average molecular weight is 320 g/mol. The minimum Gasteiger partial charge on any atom is -0.492 e. The van der Waals surface area contributed by atoms with Crippen LogP contribution < -0.4 is 10.1 Å². The predicted octanol–water partition coefficient (Wildman–Crippen LogP) is 1.04. The molecule has 0 spiro atoms. The number of hydrogen-bond donors (Lipinski definition) is 2. The number of aliphatic hydroxyl groups is 1. The number of ether oxygens (including phenoxy) is 1. The van der Waals surface area contributed by atoms with Crippen LogP contribution >= 0.6 is 0 Å². The van der Waals surface area contributed by atoms with Crippen molar-refractivity contribution in [3.63, 3.8) is 0 Å². The van der Waals surface area contributed by atoms with Crippen molar-refractivity contribution in [3.05, 3.63) is 29.8 Å². The van der Waals surface area contributed by atoms with E-state index in [9.17, 15) is 14.7 Å². The lowest BCUT2D eigenvalue weighted by molar-refractivity contribution is -0.119. The zero-order valence-corrected chi connectivity index (χ0v) is 13.8. The summed E-state index contributed by atoms with van der Waals surface area (Å²) in [7, 11) is 0. The van der Waals surface area contributed by atoms with Crippen molar-refractivity contribution in [1.29, 1.82) is 0 Å². The van der Waals surface area contributed by atoms with Gasteiger partial charge in [0.25, 0.3) is 5.91 Å². The largest absolute Gasteiger partial charge is 0.492 e. The molecule has 2 rings (SSSR count). The van der Waals surface area contributed by atoms with Crippen molar-refractivity contribution >= 4 is 11.8 Å². The van der Waals surface area contributed by atoms with Gasteiger partial charge in [-0.25, -0.2) is 0 Å². The first-order chi connectivity index (χ1) is 10.8. The third-order valence-corrected chi connectivity index (χ3v) is 4.20. The summed E-state index contributed by atoms with van der Waals surface area (Å²) < 4.78 is 5.49. The summed E-state index contributed by atoms with van der Waals surface area (Å²) in [4.78, 5) is 24.9. The van der Waals surface area contributed by atoms with Gasteiger partial charge in [0.05, 0.1) is 12.1 Å². The van der Waals surface area contributed by atoms with Gasteiger partial charge in [-0.15, -0.1) is 0 Å². The fourth-order valence-corrected chi connectivity index (χ4v) is 2.56. The maximum atomic E-state index is 12.5. The minimum atomic E-state index is -0.831. The van der Waals surface area contributed by atoms with Gasteiger partial charge in [0.2, 0.25) is 5.91 Å².